The van der Waals surface area contributed by atoms with Gasteiger partial charge in [0.1, 0.15) is 0 Å². The van der Waals surface area contributed by atoms with Gasteiger partial charge in [-0.1, -0.05) is 54.1 Å². The Labute approximate surface area is 276 Å². The van der Waals surface area contributed by atoms with Crippen molar-refractivity contribution in [2.75, 3.05) is 30.7 Å². The number of para-hydroxylation sites is 1. The van der Waals surface area contributed by atoms with Crippen LogP contribution in [0.25, 0.3) is 0 Å². The van der Waals surface area contributed by atoms with Crippen LogP contribution in [0.3, 0.4) is 0 Å². The molecule has 6 N–H and O–H groups in total. The van der Waals surface area contributed by atoms with Crippen LogP contribution < -0.4 is 22.1 Å². The summed E-state index contributed by atoms with van der Waals surface area (Å²) in [4.78, 5) is 43.6. The molecule has 2 aliphatic rings. The van der Waals surface area contributed by atoms with Crippen molar-refractivity contribution < 1.29 is 27.6 Å². The Hall–Kier alpha value is -4.29. The number of hydrogen-bond donors (Lipinski definition) is 4. The van der Waals surface area contributed by atoms with Crippen molar-refractivity contribution in [1.29, 1.82) is 0 Å². The molecule has 13 heteroatoms. The zero-order chi connectivity index (χ0) is 33.7. The lowest BCUT2D eigenvalue weighted by molar-refractivity contribution is -0.138. The molecule has 3 aromatic rings. The number of anilines is 2. The van der Waals surface area contributed by atoms with Crippen LogP contribution in [0.2, 0.25) is 5.02 Å². The van der Waals surface area contributed by atoms with Gasteiger partial charge in [0.25, 0.3) is 0 Å². The minimum Gasteiger partial charge on any atom is -0.397 e. The maximum Gasteiger partial charge on any atom is 0.418 e. The lowest BCUT2D eigenvalue weighted by Gasteiger charge is -2.38. The number of nitrogen functional groups attached to an aromatic ring is 1. The normalized spacial score (nSPS) is 16.2. The summed E-state index contributed by atoms with van der Waals surface area (Å²) in [7, 11) is 0. The van der Waals surface area contributed by atoms with Crippen molar-refractivity contribution in [1.82, 2.24) is 15.1 Å². The topological polar surface area (TPSA) is 134 Å². The van der Waals surface area contributed by atoms with E-state index in [4.69, 9.17) is 23.1 Å². The summed E-state index contributed by atoms with van der Waals surface area (Å²) in [6, 6.07) is 17.0. The van der Waals surface area contributed by atoms with Crippen LogP contribution >= 0.6 is 11.6 Å². The third-order valence-corrected chi connectivity index (χ3v) is 9.18. The molecule has 0 unspecified atom stereocenters. The van der Waals surface area contributed by atoms with E-state index >= 15 is 0 Å². The minimum atomic E-state index is -4.75. The van der Waals surface area contributed by atoms with E-state index in [9.17, 15) is 27.6 Å². The van der Waals surface area contributed by atoms with Gasteiger partial charge in [-0.3, -0.25) is 9.59 Å². The lowest BCUT2D eigenvalue weighted by Crippen LogP contribution is -2.50. The number of nitrogens with one attached hydrogen (secondary N) is 2. The molecular formula is C34H38ClF3N6O3. The molecule has 9 nitrogen and oxygen atoms in total. The largest absolute Gasteiger partial charge is 0.418 e. The molecule has 0 aromatic heterocycles. The Bertz CT molecular complexity index is 1630. The van der Waals surface area contributed by atoms with Gasteiger partial charge in [-0.25, -0.2) is 4.79 Å². The molecule has 1 saturated heterocycles. The van der Waals surface area contributed by atoms with Crippen LogP contribution in [0.4, 0.5) is 29.3 Å². The third kappa shape index (κ3) is 8.36. The Balaban J connectivity index is 1.27. The van der Waals surface area contributed by atoms with Crippen LogP contribution in [0.15, 0.2) is 60.7 Å². The number of benzene rings is 3. The van der Waals surface area contributed by atoms with E-state index in [2.05, 4.69) is 10.6 Å². The highest BCUT2D eigenvalue weighted by Gasteiger charge is 2.36. The summed E-state index contributed by atoms with van der Waals surface area (Å²) in [6.45, 7) is 1.80. The first kappa shape index (κ1) is 34.1. The van der Waals surface area contributed by atoms with Gasteiger partial charge in [-0.05, 0) is 66.1 Å². The molecule has 1 fully saturated rings. The predicted octanol–water partition coefficient (Wildman–Crippen LogP) is 5.35. The maximum absolute atomic E-state index is 13.7. The second-order valence-corrected chi connectivity index (χ2v) is 12.4. The number of carbonyl (C=O) groups is 3. The molecule has 47 heavy (non-hydrogen) atoms. The molecule has 4 amide bonds. The van der Waals surface area contributed by atoms with E-state index in [1.165, 1.54) is 6.07 Å². The number of amides is 4. The van der Waals surface area contributed by atoms with Gasteiger partial charge in [-0.15, -0.1) is 0 Å². The highest BCUT2D eigenvalue weighted by Crippen LogP contribution is 2.38. The van der Waals surface area contributed by atoms with Crippen molar-refractivity contribution in [3.05, 3.63) is 93.5 Å². The van der Waals surface area contributed by atoms with Crippen molar-refractivity contribution in [3.8, 4) is 0 Å². The Morgan fingerprint density at radius 2 is 1.72 bits per heavy atom. The van der Waals surface area contributed by atoms with Gasteiger partial charge in [0, 0.05) is 50.9 Å². The number of piperidine rings is 1. The average Bonchev–Trinajstić information content (AvgIpc) is 3.22. The maximum atomic E-state index is 13.7. The molecule has 1 atom stereocenters. The van der Waals surface area contributed by atoms with Gasteiger partial charge in [-0.2, -0.15) is 13.2 Å². The molecule has 0 aliphatic carbocycles. The van der Waals surface area contributed by atoms with Gasteiger partial charge in [0.15, 0.2) is 0 Å². The lowest BCUT2D eigenvalue weighted by atomic mass is 9.92. The summed E-state index contributed by atoms with van der Waals surface area (Å²) in [5.74, 6) is -1.75. The van der Waals surface area contributed by atoms with Gasteiger partial charge in [0.2, 0.25) is 11.8 Å². The molecule has 2 heterocycles. The van der Waals surface area contributed by atoms with E-state index in [1.807, 2.05) is 53.4 Å². The monoisotopic (exact) mass is 670 g/mol. The van der Waals surface area contributed by atoms with E-state index in [1.54, 1.807) is 4.90 Å². The van der Waals surface area contributed by atoms with E-state index in [-0.39, 0.29) is 48.0 Å². The van der Waals surface area contributed by atoms with Crippen LogP contribution in [0.1, 0.15) is 47.1 Å². The summed E-state index contributed by atoms with van der Waals surface area (Å²) in [5, 5.41) is 5.54. The SMILES string of the molecule is NCc1cccc(CNC(=O)[C@H](CC(=O)N2CCC(N3CCc4ccccc4NC3=O)CC2)Cc2cc(Cl)c(N)c(C(F)(F)F)c2)c1. The van der Waals surface area contributed by atoms with Gasteiger partial charge < -0.3 is 31.9 Å². The van der Waals surface area contributed by atoms with E-state index in [0.29, 0.717) is 45.4 Å². The zero-order valence-corrected chi connectivity index (χ0v) is 26.5. The molecule has 0 spiro atoms. The fourth-order valence-electron chi connectivity index (χ4n) is 6.27. The molecule has 0 saturated carbocycles. The second-order valence-electron chi connectivity index (χ2n) is 12.0. The van der Waals surface area contributed by atoms with E-state index in [0.717, 1.165) is 28.4 Å². The highest BCUT2D eigenvalue weighted by molar-refractivity contribution is 6.33. The third-order valence-electron chi connectivity index (χ3n) is 8.86. The predicted molar refractivity (Wildman–Crippen MR) is 174 cm³/mol. The van der Waals surface area contributed by atoms with Crippen LogP contribution in [-0.2, 0) is 41.7 Å². The van der Waals surface area contributed by atoms with Crippen molar-refractivity contribution in [3.63, 3.8) is 0 Å². The number of urea groups is 1. The van der Waals surface area contributed by atoms with Crippen LogP contribution in [0, 0.1) is 5.92 Å². The second kappa shape index (κ2) is 14.6. The molecule has 0 radical (unpaired) electrons. The van der Waals surface area contributed by atoms with Gasteiger partial charge >= 0.3 is 12.2 Å². The molecule has 3 aromatic carbocycles. The molecule has 5 rings (SSSR count). The number of alkyl halides is 3. The highest BCUT2D eigenvalue weighted by atomic mass is 35.5. The summed E-state index contributed by atoms with van der Waals surface area (Å²) >= 11 is 6.07. The zero-order valence-electron chi connectivity index (χ0n) is 25.8. The number of hydrogen-bond acceptors (Lipinski definition) is 5. The Morgan fingerprint density at radius 3 is 2.45 bits per heavy atom. The summed E-state index contributed by atoms with van der Waals surface area (Å²) in [5.41, 5.74) is 13.3. The molecule has 0 bridgehead atoms. The van der Waals surface area contributed by atoms with Crippen molar-refractivity contribution in [2.45, 2.75) is 57.4 Å². The first-order valence-electron chi connectivity index (χ1n) is 15.6. The Kier molecular flexibility index (Phi) is 10.6. The van der Waals surface area contributed by atoms with Crippen LogP contribution in [-0.4, -0.2) is 53.3 Å². The standard InChI is InChI=1S/C34H38ClF3N6O3/c35-28-17-23(16-27(31(28)40)34(36,37)38)15-25(32(46)41-20-22-5-3-4-21(14-22)19-39)18-30(45)43-11-9-26(10-12-43)44-13-8-24-6-1-2-7-29(24)42-33(44)47/h1-7,14,16-17,25-26H,8-13,15,18-20,39-40H2,(H,41,46)(H,42,47)/t25-/m0/s1. The van der Waals surface area contributed by atoms with Crippen molar-refractivity contribution in [2.24, 2.45) is 11.7 Å². The molecule has 2 aliphatic heterocycles. The number of fused-ring (bicyclic) bond motifs is 1. The van der Waals surface area contributed by atoms with Gasteiger partial charge in [0.05, 0.1) is 22.2 Å². The number of carbonyl (C=O) groups excluding carboxylic acids is 3. The fourth-order valence-corrected chi connectivity index (χ4v) is 6.52. The van der Waals surface area contributed by atoms with Crippen molar-refractivity contribution >= 4 is 40.8 Å². The van der Waals surface area contributed by atoms with E-state index < -0.39 is 29.3 Å². The molecule has 250 valence electrons. The number of likely N-dealkylation sites (tertiary alicyclic amines) is 1. The fraction of sp³-hybridized carbons (Fsp3) is 0.382. The average molecular weight is 671 g/mol. The van der Waals surface area contributed by atoms with Crippen LogP contribution in [0.5, 0.6) is 0 Å². The number of rotatable bonds is 9. The minimum absolute atomic E-state index is 0.0607. The first-order valence-corrected chi connectivity index (χ1v) is 15.9. The number of nitrogens with zero attached hydrogens (tertiary/aromatic N) is 2. The smallest absolute Gasteiger partial charge is 0.397 e. The Morgan fingerprint density at radius 1 is 1.00 bits per heavy atom. The quantitative estimate of drug-likeness (QED) is 0.228. The number of halogens is 4. The summed E-state index contributed by atoms with van der Waals surface area (Å²) < 4.78 is 41.1. The summed E-state index contributed by atoms with van der Waals surface area (Å²) in [6.07, 6.45) is -3.29. The first-order chi connectivity index (χ1) is 22.4. The number of nitrogens with two attached hydrogens (primary N) is 2. The molecular weight excluding hydrogens is 633 g/mol.